The molecular weight excluding hydrogens is 258 g/mol. The standard InChI is InChI=1S/C14H22BFN2O2/c1-11(2)18-5-3-17(4-6-18)10-12-7-13(15(19)20)9-14(16)8-12/h7-9,11,19-20H,3-6,10H2,1-2H3. The lowest BCUT2D eigenvalue weighted by Gasteiger charge is -2.37. The molecule has 0 aromatic heterocycles. The molecule has 20 heavy (non-hydrogen) atoms. The summed E-state index contributed by atoms with van der Waals surface area (Å²) in [4.78, 5) is 4.69. The van der Waals surface area contributed by atoms with Gasteiger partial charge in [0.15, 0.2) is 0 Å². The van der Waals surface area contributed by atoms with Crippen LogP contribution >= 0.6 is 0 Å². The van der Waals surface area contributed by atoms with E-state index in [-0.39, 0.29) is 5.46 Å². The van der Waals surface area contributed by atoms with E-state index in [9.17, 15) is 4.39 Å². The second kappa shape index (κ2) is 6.67. The predicted molar refractivity (Wildman–Crippen MR) is 78.2 cm³/mol. The Morgan fingerprint density at radius 1 is 1.15 bits per heavy atom. The topological polar surface area (TPSA) is 46.9 Å². The highest BCUT2D eigenvalue weighted by Gasteiger charge is 2.20. The van der Waals surface area contributed by atoms with Crippen LogP contribution in [0.2, 0.25) is 0 Å². The first-order valence-corrected chi connectivity index (χ1v) is 7.07. The zero-order valence-corrected chi connectivity index (χ0v) is 12.1. The van der Waals surface area contributed by atoms with Crippen molar-refractivity contribution >= 4 is 12.6 Å². The van der Waals surface area contributed by atoms with E-state index in [4.69, 9.17) is 10.0 Å². The lowest BCUT2D eigenvalue weighted by Crippen LogP contribution is -2.48. The van der Waals surface area contributed by atoms with Gasteiger partial charge < -0.3 is 10.0 Å². The van der Waals surface area contributed by atoms with Gasteiger partial charge in [-0.1, -0.05) is 6.07 Å². The Balaban J connectivity index is 1.97. The van der Waals surface area contributed by atoms with Crippen molar-refractivity contribution in [3.8, 4) is 0 Å². The number of benzene rings is 1. The first kappa shape index (κ1) is 15.4. The molecular formula is C14H22BFN2O2. The molecule has 0 bridgehead atoms. The van der Waals surface area contributed by atoms with E-state index in [0.29, 0.717) is 12.6 Å². The van der Waals surface area contributed by atoms with Crippen molar-refractivity contribution in [1.82, 2.24) is 9.80 Å². The molecule has 0 saturated carbocycles. The average Bonchev–Trinajstić information content (AvgIpc) is 2.38. The smallest absolute Gasteiger partial charge is 0.423 e. The lowest BCUT2D eigenvalue weighted by atomic mass is 9.79. The fraction of sp³-hybridized carbons (Fsp3) is 0.571. The fourth-order valence-corrected chi connectivity index (χ4v) is 2.61. The van der Waals surface area contributed by atoms with E-state index in [2.05, 4.69) is 23.6 Å². The molecule has 1 heterocycles. The molecule has 1 aromatic rings. The highest BCUT2D eigenvalue weighted by Crippen LogP contribution is 2.11. The van der Waals surface area contributed by atoms with E-state index in [1.807, 2.05) is 0 Å². The largest absolute Gasteiger partial charge is 0.488 e. The van der Waals surface area contributed by atoms with Gasteiger partial charge in [0.05, 0.1) is 0 Å². The Hall–Kier alpha value is -0.945. The van der Waals surface area contributed by atoms with Gasteiger partial charge in [0.25, 0.3) is 0 Å². The van der Waals surface area contributed by atoms with Gasteiger partial charge in [0.2, 0.25) is 0 Å². The molecule has 0 atom stereocenters. The first-order valence-electron chi connectivity index (χ1n) is 7.07. The van der Waals surface area contributed by atoms with Gasteiger partial charge in [-0.05, 0) is 37.0 Å². The highest BCUT2D eigenvalue weighted by atomic mass is 19.1. The van der Waals surface area contributed by atoms with E-state index in [0.717, 1.165) is 37.8 Å². The maximum atomic E-state index is 13.5. The summed E-state index contributed by atoms with van der Waals surface area (Å²) in [6, 6.07) is 4.83. The van der Waals surface area contributed by atoms with Gasteiger partial charge in [0.1, 0.15) is 5.82 Å². The molecule has 1 fully saturated rings. The molecule has 1 saturated heterocycles. The SMILES string of the molecule is CC(C)N1CCN(Cc2cc(F)cc(B(O)O)c2)CC1. The Morgan fingerprint density at radius 3 is 2.35 bits per heavy atom. The molecule has 0 radical (unpaired) electrons. The molecule has 2 rings (SSSR count). The molecule has 0 spiro atoms. The summed E-state index contributed by atoms with van der Waals surface area (Å²) in [6.45, 7) is 8.96. The van der Waals surface area contributed by atoms with Gasteiger partial charge in [-0.3, -0.25) is 9.80 Å². The third-order valence-corrected chi connectivity index (χ3v) is 3.82. The van der Waals surface area contributed by atoms with Crippen LogP contribution < -0.4 is 5.46 Å². The van der Waals surface area contributed by atoms with Gasteiger partial charge in [0, 0.05) is 38.8 Å². The van der Waals surface area contributed by atoms with Gasteiger partial charge >= 0.3 is 7.12 Å². The summed E-state index contributed by atoms with van der Waals surface area (Å²) >= 11 is 0. The number of piperazine rings is 1. The van der Waals surface area contributed by atoms with Gasteiger partial charge in [-0.25, -0.2) is 4.39 Å². The Labute approximate surface area is 120 Å². The molecule has 0 aliphatic carbocycles. The summed E-state index contributed by atoms with van der Waals surface area (Å²) in [5, 5.41) is 18.3. The van der Waals surface area contributed by atoms with Crippen molar-refractivity contribution in [3.63, 3.8) is 0 Å². The summed E-state index contributed by atoms with van der Waals surface area (Å²) in [7, 11) is -1.62. The molecule has 0 amide bonds. The van der Waals surface area contributed by atoms with Crippen molar-refractivity contribution in [2.24, 2.45) is 0 Å². The first-order chi connectivity index (χ1) is 9.45. The van der Waals surface area contributed by atoms with Crippen LogP contribution in [0, 0.1) is 5.82 Å². The minimum atomic E-state index is -1.62. The minimum Gasteiger partial charge on any atom is -0.423 e. The Bertz CT molecular complexity index is 449. The zero-order valence-electron chi connectivity index (χ0n) is 12.1. The molecule has 1 aromatic carbocycles. The molecule has 6 heteroatoms. The van der Waals surface area contributed by atoms with Crippen LogP contribution in [0.1, 0.15) is 19.4 Å². The molecule has 1 aliphatic rings. The predicted octanol–water partition coefficient (Wildman–Crippen LogP) is 0.0315. The molecule has 110 valence electrons. The summed E-state index contributed by atoms with van der Waals surface area (Å²) < 4.78 is 13.5. The van der Waals surface area contributed by atoms with Crippen LogP contribution in [0.15, 0.2) is 18.2 Å². The number of hydrogen-bond acceptors (Lipinski definition) is 4. The normalized spacial score (nSPS) is 17.7. The van der Waals surface area contributed by atoms with Crippen molar-refractivity contribution in [3.05, 3.63) is 29.6 Å². The highest BCUT2D eigenvalue weighted by molar-refractivity contribution is 6.58. The van der Waals surface area contributed by atoms with Crippen molar-refractivity contribution in [1.29, 1.82) is 0 Å². The second-order valence-electron chi connectivity index (χ2n) is 5.67. The average molecular weight is 280 g/mol. The maximum absolute atomic E-state index is 13.5. The van der Waals surface area contributed by atoms with Crippen LogP contribution in [0.4, 0.5) is 4.39 Å². The van der Waals surface area contributed by atoms with Crippen LogP contribution in [0.25, 0.3) is 0 Å². The Kier molecular flexibility index (Phi) is 5.15. The van der Waals surface area contributed by atoms with E-state index < -0.39 is 12.9 Å². The number of halogens is 1. The second-order valence-corrected chi connectivity index (χ2v) is 5.67. The van der Waals surface area contributed by atoms with E-state index in [1.54, 1.807) is 6.07 Å². The van der Waals surface area contributed by atoms with Crippen LogP contribution in [-0.4, -0.2) is 59.2 Å². The minimum absolute atomic E-state index is 0.209. The quantitative estimate of drug-likeness (QED) is 0.764. The summed E-state index contributed by atoms with van der Waals surface area (Å²) in [5.41, 5.74) is 0.993. The lowest BCUT2D eigenvalue weighted by molar-refractivity contribution is 0.104. The van der Waals surface area contributed by atoms with Crippen molar-refractivity contribution in [2.75, 3.05) is 26.2 Å². The van der Waals surface area contributed by atoms with Crippen LogP contribution in [0.5, 0.6) is 0 Å². The summed E-state index contributed by atoms with van der Waals surface area (Å²) in [6.07, 6.45) is 0. The maximum Gasteiger partial charge on any atom is 0.488 e. The molecule has 4 nitrogen and oxygen atoms in total. The van der Waals surface area contributed by atoms with E-state index >= 15 is 0 Å². The monoisotopic (exact) mass is 280 g/mol. The molecule has 2 N–H and O–H groups in total. The van der Waals surface area contributed by atoms with E-state index in [1.165, 1.54) is 6.07 Å². The zero-order chi connectivity index (χ0) is 14.7. The van der Waals surface area contributed by atoms with Gasteiger partial charge in [-0.15, -0.1) is 0 Å². The number of nitrogens with zero attached hydrogens (tertiary/aromatic N) is 2. The number of rotatable bonds is 4. The molecule has 0 unspecified atom stereocenters. The fourth-order valence-electron chi connectivity index (χ4n) is 2.61. The Morgan fingerprint density at radius 2 is 1.80 bits per heavy atom. The van der Waals surface area contributed by atoms with Crippen molar-refractivity contribution < 1.29 is 14.4 Å². The molecule has 1 aliphatic heterocycles. The van der Waals surface area contributed by atoms with Crippen LogP contribution in [0.3, 0.4) is 0 Å². The third-order valence-electron chi connectivity index (χ3n) is 3.82. The third kappa shape index (κ3) is 4.02. The van der Waals surface area contributed by atoms with Gasteiger partial charge in [-0.2, -0.15) is 0 Å². The van der Waals surface area contributed by atoms with Crippen molar-refractivity contribution in [2.45, 2.75) is 26.4 Å². The number of hydrogen-bond donors (Lipinski definition) is 2. The summed E-state index contributed by atoms with van der Waals surface area (Å²) in [5.74, 6) is -0.425. The van der Waals surface area contributed by atoms with Crippen LogP contribution in [-0.2, 0) is 6.54 Å².